The summed E-state index contributed by atoms with van der Waals surface area (Å²) in [4.78, 5) is 0. The summed E-state index contributed by atoms with van der Waals surface area (Å²) in [5.74, 6) is 0.485. The number of nitrogens with zero attached hydrogens (tertiary/aromatic N) is 4. The van der Waals surface area contributed by atoms with Crippen molar-refractivity contribution in [2.45, 2.75) is 26.4 Å². The summed E-state index contributed by atoms with van der Waals surface area (Å²) in [5, 5.41) is 8.82. The lowest BCUT2D eigenvalue weighted by atomic mass is 10.3. The van der Waals surface area contributed by atoms with Gasteiger partial charge in [-0.2, -0.15) is 10.2 Å². The lowest BCUT2D eigenvalue weighted by Crippen LogP contribution is -2.05. The molecule has 16 heavy (non-hydrogen) atoms. The van der Waals surface area contributed by atoms with E-state index in [2.05, 4.69) is 24.0 Å². The second-order valence-corrected chi connectivity index (χ2v) is 4.36. The van der Waals surface area contributed by atoms with Gasteiger partial charge in [0.15, 0.2) is 0 Å². The first kappa shape index (κ1) is 11.0. The van der Waals surface area contributed by atoms with Gasteiger partial charge in [0.05, 0.1) is 18.9 Å². The van der Waals surface area contributed by atoms with Crippen LogP contribution in [0.15, 0.2) is 18.6 Å². The molecule has 0 aliphatic rings. The predicted molar refractivity (Wildman–Crippen MR) is 63.4 cm³/mol. The quantitative estimate of drug-likeness (QED) is 0.891. The van der Waals surface area contributed by atoms with Gasteiger partial charge in [-0.15, -0.1) is 0 Å². The summed E-state index contributed by atoms with van der Waals surface area (Å²) in [6.45, 7) is 4.75. The number of hydrogen-bond acceptors (Lipinski definition) is 3. The van der Waals surface area contributed by atoms with Crippen LogP contribution in [0.5, 0.6) is 0 Å². The first-order valence-electron chi connectivity index (χ1n) is 5.07. The number of nitrogens with two attached hydrogens (primary N) is 1. The maximum absolute atomic E-state index is 5.82. The van der Waals surface area contributed by atoms with Crippen LogP contribution in [0.2, 0.25) is 5.02 Å². The number of rotatable bonds is 3. The minimum absolute atomic E-state index is 0.354. The predicted octanol–water partition coefficient (Wildman–Crippen LogP) is 1.94. The van der Waals surface area contributed by atoms with E-state index in [9.17, 15) is 0 Å². The van der Waals surface area contributed by atoms with Gasteiger partial charge >= 0.3 is 0 Å². The van der Waals surface area contributed by atoms with Gasteiger partial charge in [0.1, 0.15) is 10.8 Å². The molecule has 6 heteroatoms. The molecule has 0 aliphatic heterocycles. The van der Waals surface area contributed by atoms with Crippen LogP contribution in [-0.2, 0) is 6.54 Å². The Hall–Kier alpha value is -1.49. The molecule has 0 unspecified atom stereocenters. The molecule has 5 nitrogen and oxygen atoms in total. The maximum Gasteiger partial charge on any atom is 0.140 e. The van der Waals surface area contributed by atoms with E-state index >= 15 is 0 Å². The van der Waals surface area contributed by atoms with Gasteiger partial charge in [-0.1, -0.05) is 11.6 Å². The number of aromatic nitrogens is 4. The van der Waals surface area contributed by atoms with E-state index in [1.165, 1.54) is 0 Å². The van der Waals surface area contributed by atoms with Gasteiger partial charge < -0.3 is 5.73 Å². The summed E-state index contributed by atoms with van der Waals surface area (Å²) in [7, 11) is 0. The Morgan fingerprint density at radius 2 is 2.12 bits per heavy atom. The second-order valence-electron chi connectivity index (χ2n) is 3.96. The van der Waals surface area contributed by atoms with Crippen molar-refractivity contribution in [1.82, 2.24) is 19.6 Å². The van der Waals surface area contributed by atoms with Crippen LogP contribution in [0.25, 0.3) is 0 Å². The Morgan fingerprint density at radius 1 is 1.38 bits per heavy atom. The van der Waals surface area contributed by atoms with Crippen LogP contribution >= 0.6 is 11.6 Å². The molecule has 0 amide bonds. The lowest BCUT2D eigenvalue weighted by molar-refractivity contribution is 0.531. The van der Waals surface area contributed by atoms with Crippen LogP contribution in [-0.4, -0.2) is 19.6 Å². The number of hydrogen-bond donors (Lipinski definition) is 1. The van der Waals surface area contributed by atoms with Crippen molar-refractivity contribution in [3.8, 4) is 0 Å². The first-order chi connectivity index (χ1) is 7.58. The van der Waals surface area contributed by atoms with Crippen LogP contribution < -0.4 is 5.73 Å². The summed E-state index contributed by atoms with van der Waals surface area (Å²) in [5.41, 5.74) is 6.81. The molecule has 86 valence electrons. The Balaban J connectivity index is 2.17. The van der Waals surface area contributed by atoms with Crippen molar-refractivity contribution < 1.29 is 0 Å². The van der Waals surface area contributed by atoms with Crippen LogP contribution in [0, 0.1) is 0 Å². The van der Waals surface area contributed by atoms with E-state index in [1.54, 1.807) is 10.9 Å². The average Bonchev–Trinajstić information content (AvgIpc) is 2.81. The molecule has 2 rings (SSSR count). The van der Waals surface area contributed by atoms with E-state index in [1.807, 2.05) is 17.1 Å². The first-order valence-corrected chi connectivity index (χ1v) is 5.45. The molecule has 2 N–H and O–H groups in total. The zero-order valence-electron chi connectivity index (χ0n) is 9.26. The molecule has 0 atom stereocenters. The fraction of sp³-hybridized carbons (Fsp3) is 0.400. The van der Waals surface area contributed by atoms with E-state index in [-0.39, 0.29) is 0 Å². The van der Waals surface area contributed by atoms with Gasteiger partial charge in [-0.3, -0.25) is 4.68 Å². The monoisotopic (exact) mass is 239 g/mol. The largest absolute Gasteiger partial charge is 0.383 e. The second kappa shape index (κ2) is 4.17. The molecular formula is C10H14ClN5. The topological polar surface area (TPSA) is 61.7 Å². The zero-order chi connectivity index (χ0) is 11.7. The van der Waals surface area contributed by atoms with Gasteiger partial charge in [0, 0.05) is 17.8 Å². The Morgan fingerprint density at radius 3 is 2.62 bits per heavy atom. The van der Waals surface area contributed by atoms with Crippen molar-refractivity contribution in [3.63, 3.8) is 0 Å². The van der Waals surface area contributed by atoms with E-state index in [4.69, 9.17) is 17.3 Å². The number of anilines is 1. The minimum atomic E-state index is 0.354. The standard InChI is InChI=1S/C10H14ClN5/c1-7(2)15-5-8(3-13-15)6-16-10(12)9(11)4-14-16/h3-5,7H,6,12H2,1-2H3. The smallest absolute Gasteiger partial charge is 0.140 e. The van der Waals surface area contributed by atoms with Crippen LogP contribution in [0.4, 0.5) is 5.82 Å². The van der Waals surface area contributed by atoms with Gasteiger partial charge in [-0.05, 0) is 13.8 Å². The lowest BCUT2D eigenvalue weighted by Gasteiger charge is -2.04. The molecule has 2 aromatic heterocycles. The third-order valence-electron chi connectivity index (χ3n) is 2.35. The summed E-state index contributed by atoms with van der Waals surface area (Å²) >= 11 is 5.82. The molecule has 2 aromatic rings. The average molecular weight is 240 g/mol. The molecule has 0 saturated heterocycles. The van der Waals surface area contributed by atoms with Crippen molar-refractivity contribution in [3.05, 3.63) is 29.2 Å². The molecule has 0 fully saturated rings. The summed E-state index contributed by atoms with van der Waals surface area (Å²) in [6.07, 6.45) is 5.35. The van der Waals surface area contributed by atoms with Gasteiger partial charge in [-0.25, -0.2) is 4.68 Å². The molecule has 0 bridgehead atoms. The molecule has 0 radical (unpaired) electrons. The molecule has 0 saturated carbocycles. The number of halogens is 1. The van der Waals surface area contributed by atoms with Crippen molar-refractivity contribution in [2.75, 3.05) is 5.73 Å². The number of nitrogen functional groups attached to an aromatic ring is 1. The van der Waals surface area contributed by atoms with Gasteiger partial charge in [0.2, 0.25) is 0 Å². The normalized spacial score (nSPS) is 11.2. The summed E-state index contributed by atoms with van der Waals surface area (Å²) < 4.78 is 3.56. The van der Waals surface area contributed by atoms with Crippen LogP contribution in [0.3, 0.4) is 0 Å². The highest BCUT2D eigenvalue weighted by Crippen LogP contribution is 2.18. The molecule has 0 aliphatic carbocycles. The zero-order valence-corrected chi connectivity index (χ0v) is 10.0. The third kappa shape index (κ3) is 2.04. The van der Waals surface area contributed by atoms with Crippen molar-refractivity contribution in [1.29, 1.82) is 0 Å². The highest BCUT2D eigenvalue weighted by molar-refractivity contribution is 6.32. The van der Waals surface area contributed by atoms with Crippen molar-refractivity contribution >= 4 is 17.4 Å². The summed E-state index contributed by atoms with van der Waals surface area (Å²) in [6, 6.07) is 0.354. The molecule has 2 heterocycles. The fourth-order valence-corrected chi connectivity index (χ4v) is 1.55. The Bertz CT molecular complexity index is 485. The van der Waals surface area contributed by atoms with Crippen LogP contribution in [0.1, 0.15) is 25.5 Å². The van der Waals surface area contributed by atoms with Gasteiger partial charge in [0.25, 0.3) is 0 Å². The Labute approximate surface area is 98.8 Å². The molecular weight excluding hydrogens is 226 g/mol. The third-order valence-corrected chi connectivity index (χ3v) is 2.64. The minimum Gasteiger partial charge on any atom is -0.383 e. The highest BCUT2D eigenvalue weighted by atomic mass is 35.5. The Kier molecular flexibility index (Phi) is 2.87. The van der Waals surface area contributed by atoms with E-state index < -0.39 is 0 Å². The SMILES string of the molecule is CC(C)n1cc(Cn2ncc(Cl)c2N)cn1. The fourth-order valence-electron chi connectivity index (χ4n) is 1.41. The highest BCUT2D eigenvalue weighted by Gasteiger charge is 2.07. The van der Waals surface area contributed by atoms with E-state index in [0.29, 0.717) is 23.4 Å². The molecule has 0 spiro atoms. The van der Waals surface area contributed by atoms with E-state index in [0.717, 1.165) is 5.56 Å². The maximum atomic E-state index is 5.82. The molecule has 0 aromatic carbocycles. The van der Waals surface area contributed by atoms with Crippen molar-refractivity contribution in [2.24, 2.45) is 0 Å².